The number of thioether (sulfide) groups is 1. The average molecular weight is 196 g/mol. The predicted molar refractivity (Wildman–Crippen MR) is 53.5 cm³/mol. The zero-order chi connectivity index (χ0) is 9.10. The Hall–Kier alpha value is -0.670. The molecule has 1 aliphatic rings. The number of para-hydroxylation sites is 1. The molecule has 0 amide bonds. The van der Waals surface area contributed by atoms with Gasteiger partial charge in [0.15, 0.2) is 0 Å². The molecule has 0 unspecified atom stereocenters. The Morgan fingerprint density at radius 3 is 3.00 bits per heavy atom. The van der Waals surface area contributed by atoms with Crippen LogP contribution in [0, 0.1) is 0 Å². The smallest absolute Gasteiger partial charge is 0.132 e. The van der Waals surface area contributed by atoms with Crippen molar-refractivity contribution in [3.63, 3.8) is 0 Å². The highest BCUT2D eigenvalue weighted by atomic mass is 32.2. The molecule has 0 aromatic heterocycles. The predicted octanol–water partition coefficient (Wildman–Crippen LogP) is 2.19. The van der Waals surface area contributed by atoms with Crippen LogP contribution in [0.1, 0.15) is 0 Å². The normalized spacial score (nSPS) is 19.9. The Labute approximate surface area is 82.2 Å². The van der Waals surface area contributed by atoms with Gasteiger partial charge in [-0.3, -0.25) is 0 Å². The van der Waals surface area contributed by atoms with Gasteiger partial charge in [0.1, 0.15) is 5.75 Å². The van der Waals surface area contributed by atoms with Crippen molar-refractivity contribution >= 4 is 11.8 Å². The summed E-state index contributed by atoms with van der Waals surface area (Å²) in [7, 11) is 1.70. The van der Waals surface area contributed by atoms with Crippen LogP contribution in [0.3, 0.4) is 0 Å². The second-order valence-corrected chi connectivity index (χ2v) is 3.98. The molecule has 0 saturated carbocycles. The lowest BCUT2D eigenvalue weighted by molar-refractivity contribution is 0.404. The maximum absolute atomic E-state index is 5.24. The first kappa shape index (κ1) is 8.91. The van der Waals surface area contributed by atoms with Gasteiger partial charge in [-0.2, -0.15) is 0 Å². The largest absolute Gasteiger partial charge is 0.496 e. The van der Waals surface area contributed by atoms with Crippen LogP contribution in [0.15, 0.2) is 29.2 Å². The van der Waals surface area contributed by atoms with Crippen molar-refractivity contribution in [3.8, 4) is 5.75 Å². The number of rotatable bonds is 4. The van der Waals surface area contributed by atoms with Crippen LogP contribution in [-0.4, -0.2) is 25.6 Å². The molecule has 0 radical (unpaired) electrons. The van der Waals surface area contributed by atoms with E-state index in [4.69, 9.17) is 9.47 Å². The Balaban J connectivity index is 1.99. The molecule has 1 heterocycles. The van der Waals surface area contributed by atoms with Crippen molar-refractivity contribution in [1.29, 1.82) is 0 Å². The topological polar surface area (TPSA) is 21.8 Å². The number of hydrogen-bond donors (Lipinski definition) is 0. The third-order valence-corrected chi connectivity index (χ3v) is 3.08. The minimum Gasteiger partial charge on any atom is -0.496 e. The van der Waals surface area contributed by atoms with Gasteiger partial charge in [0.05, 0.1) is 19.8 Å². The van der Waals surface area contributed by atoms with E-state index < -0.39 is 0 Å². The van der Waals surface area contributed by atoms with Gasteiger partial charge in [0.25, 0.3) is 0 Å². The summed E-state index contributed by atoms with van der Waals surface area (Å²) < 4.78 is 10.4. The summed E-state index contributed by atoms with van der Waals surface area (Å²) in [6.07, 6.45) is 0.468. The van der Waals surface area contributed by atoms with Crippen LogP contribution < -0.4 is 4.74 Å². The third-order valence-electron chi connectivity index (χ3n) is 1.90. The molecule has 1 saturated heterocycles. The van der Waals surface area contributed by atoms with E-state index in [0.717, 1.165) is 18.1 Å². The van der Waals surface area contributed by atoms with Crippen LogP contribution in [0.5, 0.6) is 5.75 Å². The van der Waals surface area contributed by atoms with Crippen LogP contribution in [0.4, 0.5) is 0 Å². The first-order valence-electron chi connectivity index (χ1n) is 4.27. The summed E-state index contributed by atoms with van der Waals surface area (Å²) in [5.74, 6) is 1.98. The lowest BCUT2D eigenvalue weighted by Gasteiger charge is -2.05. The Kier molecular flexibility index (Phi) is 2.76. The molecule has 70 valence electrons. The SMILES string of the molecule is COc1ccccc1SC[C@H]1CO1. The van der Waals surface area contributed by atoms with Gasteiger partial charge in [-0.05, 0) is 12.1 Å². The maximum atomic E-state index is 5.24. The van der Waals surface area contributed by atoms with Crippen molar-refractivity contribution in [1.82, 2.24) is 0 Å². The first-order valence-corrected chi connectivity index (χ1v) is 5.26. The molecular weight excluding hydrogens is 184 g/mol. The quantitative estimate of drug-likeness (QED) is 0.544. The number of epoxide rings is 1. The molecule has 1 atom stereocenters. The highest BCUT2D eigenvalue weighted by molar-refractivity contribution is 7.99. The molecule has 1 fully saturated rings. The van der Waals surface area contributed by atoms with Crippen LogP contribution in [0.25, 0.3) is 0 Å². The summed E-state index contributed by atoms with van der Waals surface area (Å²) in [5, 5.41) is 0. The van der Waals surface area contributed by atoms with Crippen molar-refractivity contribution < 1.29 is 9.47 Å². The van der Waals surface area contributed by atoms with E-state index in [1.54, 1.807) is 18.9 Å². The summed E-state index contributed by atoms with van der Waals surface area (Å²) in [5.41, 5.74) is 0. The molecule has 1 aromatic rings. The second kappa shape index (κ2) is 4.03. The van der Waals surface area contributed by atoms with Crippen molar-refractivity contribution in [2.45, 2.75) is 11.0 Å². The van der Waals surface area contributed by atoms with Gasteiger partial charge in [-0.15, -0.1) is 11.8 Å². The van der Waals surface area contributed by atoms with Gasteiger partial charge in [-0.1, -0.05) is 12.1 Å². The van der Waals surface area contributed by atoms with E-state index in [2.05, 4.69) is 6.07 Å². The minimum absolute atomic E-state index is 0.468. The molecule has 0 bridgehead atoms. The number of benzene rings is 1. The van der Waals surface area contributed by atoms with Crippen LogP contribution >= 0.6 is 11.8 Å². The van der Waals surface area contributed by atoms with Crippen LogP contribution in [0.2, 0.25) is 0 Å². The minimum atomic E-state index is 0.468. The standard InChI is InChI=1S/C10H12O2S/c1-11-9-4-2-3-5-10(9)13-7-8-6-12-8/h2-5,8H,6-7H2,1H3/t8-/m1/s1. The van der Waals surface area contributed by atoms with E-state index in [1.807, 2.05) is 18.2 Å². The van der Waals surface area contributed by atoms with Gasteiger partial charge in [0, 0.05) is 10.6 Å². The summed E-state index contributed by atoms with van der Waals surface area (Å²) >= 11 is 1.79. The molecule has 1 aliphatic heterocycles. The second-order valence-electron chi connectivity index (χ2n) is 2.92. The molecule has 13 heavy (non-hydrogen) atoms. The van der Waals surface area contributed by atoms with Gasteiger partial charge >= 0.3 is 0 Å². The number of methoxy groups -OCH3 is 1. The fourth-order valence-corrected chi connectivity index (χ4v) is 2.11. The van der Waals surface area contributed by atoms with Gasteiger partial charge < -0.3 is 9.47 Å². The number of hydrogen-bond acceptors (Lipinski definition) is 3. The van der Waals surface area contributed by atoms with Crippen LogP contribution in [-0.2, 0) is 4.74 Å². The third kappa shape index (κ3) is 2.39. The molecule has 2 rings (SSSR count). The summed E-state index contributed by atoms with van der Waals surface area (Å²) in [6.45, 7) is 0.919. The molecular formula is C10H12O2S. The number of ether oxygens (including phenoxy) is 2. The Morgan fingerprint density at radius 2 is 2.31 bits per heavy atom. The molecule has 0 aliphatic carbocycles. The molecule has 1 aromatic carbocycles. The van der Waals surface area contributed by atoms with Crippen molar-refractivity contribution in [2.24, 2.45) is 0 Å². The van der Waals surface area contributed by atoms with E-state index in [9.17, 15) is 0 Å². The zero-order valence-electron chi connectivity index (χ0n) is 7.53. The molecule has 2 nitrogen and oxygen atoms in total. The fourth-order valence-electron chi connectivity index (χ4n) is 1.09. The summed E-state index contributed by atoms with van der Waals surface area (Å²) in [6, 6.07) is 8.07. The van der Waals surface area contributed by atoms with E-state index in [1.165, 1.54) is 4.90 Å². The molecule has 3 heteroatoms. The van der Waals surface area contributed by atoms with Gasteiger partial charge in [-0.25, -0.2) is 0 Å². The lowest BCUT2D eigenvalue weighted by atomic mass is 10.3. The van der Waals surface area contributed by atoms with Crippen molar-refractivity contribution in [3.05, 3.63) is 24.3 Å². The Morgan fingerprint density at radius 1 is 1.54 bits per heavy atom. The van der Waals surface area contributed by atoms with E-state index in [-0.39, 0.29) is 0 Å². The molecule has 0 N–H and O–H groups in total. The molecule has 0 spiro atoms. The monoisotopic (exact) mass is 196 g/mol. The maximum Gasteiger partial charge on any atom is 0.132 e. The fraction of sp³-hybridized carbons (Fsp3) is 0.400. The Bertz CT molecular complexity index is 284. The average Bonchev–Trinajstić information content (AvgIpc) is 2.99. The zero-order valence-corrected chi connectivity index (χ0v) is 8.34. The van der Waals surface area contributed by atoms with E-state index in [0.29, 0.717) is 6.10 Å². The van der Waals surface area contributed by atoms with E-state index >= 15 is 0 Å². The highest BCUT2D eigenvalue weighted by Gasteiger charge is 2.22. The highest BCUT2D eigenvalue weighted by Crippen LogP contribution is 2.31. The first-order chi connectivity index (χ1) is 6.40. The van der Waals surface area contributed by atoms with Gasteiger partial charge in [0.2, 0.25) is 0 Å². The van der Waals surface area contributed by atoms with Crippen molar-refractivity contribution in [2.75, 3.05) is 19.5 Å². The lowest BCUT2D eigenvalue weighted by Crippen LogP contribution is -1.91. The summed E-state index contributed by atoms with van der Waals surface area (Å²) in [4.78, 5) is 1.19.